The third kappa shape index (κ3) is 3.10. The van der Waals surface area contributed by atoms with Crippen LogP contribution in [0, 0.1) is 23.4 Å². The van der Waals surface area contributed by atoms with Crippen LogP contribution in [0.25, 0.3) is 0 Å². The minimum atomic E-state index is -3.06. The van der Waals surface area contributed by atoms with Crippen molar-refractivity contribution in [2.24, 2.45) is 5.92 Å². The number of aromatic nitrogens is 1. The van der Waals surface area contributed by atoms with Crippen LogP contribution in [-0.4, -0.2) is 44.4 Å². The zero-order chi connectivity index (χ0) is 23.8. The van der Waals surface area contributed by atoms with Crippen LogP contribution in [0.15, 0.2) is 23.1 Å². The molecule has 2 amide bonds. The molecule has 33 heavy (non-hydrogen) atoms. The van der Waals surface area contributed by atoms with Gasteiger partial charge in [0, 0.05) is 43.4 Å². The van der Waals surface area contributed by atoms with Crippen LogP contribution in [0.1, 0.15) is 39.3 Å². The van der Waals surface area contributed by atoms with Crippen molar-refractivity contribution in [2.75, 3.05) is 0 Å². The number of hydrogen-bond acceptors (Lipinski definition) is 4. The highest BCUT2D eigenvalue weighted by atomic mass is 19.3. The van der Waals surface area contributed by atoms with E-state index in [4.69, 9.17) is 0 Å². The van der Waals surface area contributed by atoms with Gasteiger partial charge in [-0.3, -0.25) is 14.4 Å². The summed E-state index contributed by atoms with van der Waals surface area (Å²) in [5.74, 6) is -10.2. The van der Waals surface area contributed by atoms with Crippen molar-refractivity contribution in [1.29, 1.82) is 0 Å². The monoisotopic (exact) mass is 469 g/mol. The molecule has 0 spiro atoms. The van der Waals surface area contributed by atoms with Crippen molar-refractivity contribution in [3.63, 3.8) is 0 Å². The molecule has 2 aromatic rings. The molecule has 12 heteroatoms. The molecule has 0 radical (unpaired) electrons. The van der Waals surface area contributed by atoms with E-state index in [1.807, 2.05) is 0 Å². The maximum atomic E-state index is 14.2. The first-order valence-corrected chi connectivity index (χ1v) is 10.1. The molecule has 1 saturated heterocycles. The van der Waals surface area contributed by atoms with Crippen molar-refractivity contribution in [3.8, 4) is 5.75 Å². The topological polar surface area (TPSA) is 91.6 Å². The Kier molecular flexibility index (Phi) is 4.56. The molecule has 2 bridgehead atoms. The molecule has 1 saturated carbocycles. The summed E-state index contributed by atoms with van der Waals surface area (Å²) >= 11 is 0. The number of carbonyl (C=O) groups excluding carboxylic acids is 2. The summed E-state index contributed by atoms with van der Waals surface area (Å²) in [6, 6.07) is -1.03. The Morgan fingerprint density at radius 2 is 1.85 bits per heavy atom. The third-order valence-electron chi connectivity index (χ3n) is 6.64. The van der Waals surface area contributed by atoms with Crippen molar-refractivity contribution >= 4 is 11.8 Å². The van der Waals surface area contributed by atoms with Crippen LogP contribution in [-0.2, 0) is 13.1 Å². The summed E-state index contributed by atoms with van der Waals surface area (Å²) in [6.07, 6.45) is 0.740. The zero-order valence-corrected chi connectivity index (χ0v) is 16.7. The molecule has 1 aromatic carbocycles. The summed E-state index contributed by atoms with van der Waals surface area (Å²) in [5, 5.41) is 12.5. The van der Waals surface area contributed by atoms with Gasteiger partial charge in [-0.1, -0.05) is 0 Å². The summed E-state index contributed by atoms with van der Waals surface area (Å²) in [7, 11) is 0. The van der Waals surface area contributed by atoms with E-state index >= 15 is 0 Å². The van der Waals surface area contributed by atoms with Crippen LogP contribution in [0.5, 0.6) is 5.75 Å². The van der Waals surface area contributed by atoms with Gasteiger partial charge in [0.15, 0.2) is 11.4 Å². The summed E-state index contributed by atoms with van der Waals surface area (Å²) < 4.78 is 70.1. The second-order valence-corrected chi connectivity index (χ2v) is 8.51. The van der Waals surface area contributed by atoms with Crippen LogP contribution < -0.4 is 10.7 Å². The number of nitrogens with zero attached hydrogens (tertiary/aromatic N) is 2. The number of aromatic hydroxyl groups is 1. The fraction of sp³-hybridized carbons (Fsp3) is 0.381. The molecule has 7 nitrogen and oxygen atoms in total. The maximum absolute atomic E-state index is 14.2. The lowest BCUT2D eigenvalue weighted by Gasteiger charge is -2.43. The molecule has 3 atom stereocenters. The maximum Gasteiger partial charge on any atom is 0.275 e. The van der Waals surface area contributed by atoms with E-state index in [1.165, 1.54) is 4.57 Å². The number of carbonyl (C=O) groups is 2. The van der Waals surface area contributed by atoms with Gasteiger partial charge in [-0.15, -0.1) is 0 Å². The lowest BCUT2D eigenvalue weighted by atomic mass is 9.94. The number of benzene rings is 1. The Morgan fingerprint density at radius 1 is 1.18 bits per heavy atom. The van der Waals surface area contributed by atoms with Crippen LogP contribution >= 0.6 is 0 Å². The predicted molar refractivity (Wildman–Crippen MR) is 101 cm³/mol. The van der Waals surface area contributed by atoms with E-state index < -0.39 is 87.7 Å². The smallest absolute Gasteiger partial charge is 0.275 e. The number of halogens is 5. The first kappa shape index (κ1) is 21.4. The molecule has 1 unspecified atom stereocenters. The number of piperidine rings is 1. The predicted octanol–water partition coefficient (Wildman–Crippen LogP) is 2.15. The first-order valence-electron chi connectivity index (χ1n) is 10.1. The van der Waals surface area contributed by atoms with Crippen molar-refractivity contribution in [2.45, 2.75) is 43.9 Å². The normalized spacial score (nSPS) is 24.6. The van der Waals surface area contributed by atoms with E-state index in [2.05, 4.69) is 5.32 Å². The van der Waals surface area contributed by atoms with E-state index in [0.29, 0.717) is 12.1 Å². The summed E-state index contributed by atoms with van der Waals surface area (Å²) in [6.45, 7) is -0.722. The average molecular weight is 469 g/mol. The van der Waals surface area contributed by atoms with Gasteiger partial charge in [-0.05, 0) is 12.3 Å². The molecule has 2 N–H and O–H groups in total. The van der Waals surface area contributed by atoms with Gasteiger partial charge < -0.3 is 19.9 Å². The van der Waals surface area contributed by atoms with Crippen molar-refractivity contribution < 1.29 is 36.6 Å². The summed E-state index contributed by atoms with van der Waals surface area (Å²) in [5.41, 5.74) is -2.97. The molecule has 3 aliphatic rings. The Balaban J connectivity index is 1.45. The van der Waals surface area contributed by atoms with Crippen LogP contribution in [0.2, 0.25) is 0 Å². The number of pyridine rings is 1. The number of rotatable bonds is 3. The van der Waals surface area contributed by atoms with E-state index in [0.717, 1.165) is 11.1 Å². The van der Waals surface area contributed by atoms with E-state index in [-0.39, 0.29) is 19.4 Å². The first-order chi connectivity index (χ1) is 15.5. The highest BCUT2D eigenvalue weighted by Crippen LogP contribution is 2.53. The van der Waals surface area contributed by atoms with Gasteiger partial charge in [0.2, 0.25) is 5.43 Å². The second-order valence-electron chi connectivity index (χ2n) is 8.51. The lowest BCUT2D eigenvalue weighted by molar-refractivity contribution is -0.0870. The number of nitrogens with one attached hydrogen (secondary N) is 1. The SMILES string of the molecule is O=C(NCc1c(F)cc(F)cc1F)c1cn2c(c(O)c1=O)C(=O)N1C3C[C@@H](CC3(F)F)[C@H]1C2. The molecule has 3 heterocycles. The average Bonchev–Trinajstić information content (AvgIpc) is 3.23. The van der Waals surface area contributed by atoms with E-state index in [9.17, 15) is 41.4 Å². The zero-order valence-electron chi connectivity index (χ0n) is 16.7. The van der Waals surface area contributed by atoms with Gasteiger partial charge in [0.05, 0.1) is 12.1 Å². The number of alkyl halides is 2. The highest BCUT2D eigenvalue weighted by molar-refractivity contribution is 5.99. The second kappa shape index (κ2) is 7.03. The minimum absolute atomic E-state index is 0.00629. The third-order valence-corrected chi connectivity index (χ3v) is 6.64. The van der Waals surface area contributed by atoms with Gasteiger partial charge >= 0.3 is 0 Å². The number of hydrogen-bond donors (Lipinski definition) is 2. The van der Waals surface area contributed by atoms with Crippen molar-refractivity contribution in [3.05, 3.63) is 62.8 Å². The summed E-state index contributed by atoms with van der Waals surface area (Å²) in [4.78, 5) is 39.0. The van der Waals surface area contributed by atoms with Crippen LogP contribution in [0.3, 0.4) is 0 Å². The van der Waals surface area contributed by atoms with Gasteiger partial charge in [0.25, 0.3) is 17.7 Å². The quantitative estimate of drug-likeness (QED) is 0.675. The van der Waals surface area contributed by atoms with Gasteiger partial charge in [0.1, 0.15) is 23.0 Å². The van der Waals surface area contributed by atoms with E-state index in [1.54, 1.807) is 0 Å². The standard InChI is InChI=1S/C21H16F5N3O4/c22-9-2-12(23)10(13(24)3-9)5-27-19(32)11-6-28-7-14-8-1-15(21(25,26)4-8)29(14)20(33)16(28)18(31)17(11)30/h2-3,6,8,14-15,31H,1,4-5,7H2,(H,27,32)/t8-,14+,15?/m0/s1. The number of fused-ring (bicyclic) bond motifs is 6. The molecule has 1 aliphatic carbocycles. The Labute approximate surface area is 182 Å². The molecule has 2 fully saturated rings. The molecular formula is C21H16F5N3O4. The minimum Gasteiger partial charge on any atom is -0.503 e. The van der Waals surface area contributed by atoms with Crippen molar-refractivity contribution in [1.82, 2.24) is 14.8 Å². The Hall–Kier alpha value is -3.44. The van der Waals surface area contributed by atoms with Gasteiger partial charge in [-0.2, -0.15) is 0 Å². The fourth-order valence-electron chi connectivity index (χ4n) is 5.13. The fourth-order valence-corrected chi connectivity index (χ4v) is 5.13. The molecule has 5 rings (SSSR count). The molecule has 174 valence electrons. The number of amides is 2. The van der Waals surface area contributed by atoms with Gasteiger partial charge in [-0.25, -0.2) is 22.0 Å². The molecule has 1 aromatic heterocycles. The molecular weight excluding hydrogens is 453 g/mol. The lowest BCUT2D eigenvalue weighted by Crippen LogP contribution is -2.57. The Morgan fingerprint density at radius 3 is 2.52 bits per heavy atom. The largest absolute Gasteiger partial charge is 0.503 e. The molecule has 2 aliphatic heterocycles. The Bertz CT molecular complexity index is 1250. The van der Waals surface area contributed by atoms with Crippen LogP contribution in [0.4, 0.5) is 22.0 Å². The highest BCUT2D eigenvalue weighted by Gasteiger charge is 2.63.